The average Bonchev–Trinajstić information content (AvgIpc) is 2.60. The smallest absolute Gasteiger partial charge is 0.307 e. The lowest BCUT2D eigenvalue weighted by Gasteiger charge is -2.23. The molecule has 26 heavy (non-hydrogen) atoms. The minimum Gasteiger partial charge on any atom is -0.481 e. The Bertz CT molecular complexity index is 354. The van der Waals surface area contributed by atoms with Crippen molar-refractivity contribution < 1.29 is 19.8 Å². The zero-order valence-electron chi connectivity index (χ0n) is 17.2. The van der Waals surface area contributed by atoms with Gasteiger partial charge in [0.15, 0.2) is 0 Å². The monoisotopic (exact) mass is 370 g/mol. The van der Waals surface area contributed by atoms with Gasteiger partial charge in [0.2, 0.25) is 0 Å². The molecule has 0 saturated carbocycles. The van der Waals surface area contributed by atoms with Crippen molar-refractivity contribution in [3.8, 4) is 0 Å². The number of unbranched alkanes of at least 4 members (excludes halogenated alkanes) is 11. The van der Waals surface area contributed by atoms with Gasteiger partial charge in [0, 0.05) is 0 Å². The molecule has 0 bridgehead atoms. The summed E-state index contributed by atoms with van der Waals surface area (Å²) in [6.07, 6.45) is 17.0. The van der Waals surface area contributed by atoms with Crippen molar-refractivity contribution in [1.82, 2.24) is 0 Å². The molecule has 0 aliphatic rings. The van der Waals surface area contributed by atoms with Crippen molar-refractivity contribution >= 4 is 11.9 Å². The van der Waals surface area contributed by atoms with E-state index in [-0.39, 0.29) is 12.3 Å². The van der Waals surface area contributed by atoms with Gasteiger partial charge in [-0.25, -0.2) is 0 Å². The van der Waals surface area contributed by atoms with Crippen LogP contribution in [0.1, 0.15) is 117 Å². The van der Waals surface area contributed by atoms with E-state index in [0.717, 1.165) is 38.5 Å². The number of carbonyl (C=O) groups is 2. The van der Waals surface area contributed by atoms with Gasteiger partial charge < -0.3 is 10.2 Å². The van der Waals surface area contributed by atoms with Crippen LogP contribution < -0.4 is 0 Å². The number of carboxylic acids is 2. The van der Waals surface area contributed by atoms with Crippen LogP contribution in [0.3, 0.4) is 0 Å². The van der Waals surface area contributed by atoms with E-state index in [1.54, 1.807) is 0 Å². The largest absolute Gasteiger partial charge is 0.481 e. The Kier molecular flexibility index (Phi) is 16.7. The highest BCUT2D eigenvalue weighted by Crippen LogP contribution is 2.28. The average molecular weight is 371 g/mol. The van der Waals surface area contributed by atoms with Gasteiger partial charge in [-0.2, -0.15) is 0 Å². The van der Waals surface area contributed by atoms with Crippen LogP contribution >= 0.6 is 0 Å². The molecule has 0 aromatic heterocycles. The molecule has 0 aliphatic heterocycles. The fraction of sp³-hybridized carbons (Fsp3) is 0.909. The third kappa shape index (κ3) is 14.1. The lowest BCUT2D eigenvalue weighted by Crippen LogP contribution is -2.26. The fourth-order valence-electron chi connectivity index (χ4n) is 3.74. The first kappa shape index (κ1) is 24.9. The van der Waals surface area contributed by atoms with E-state index in [1.165, 1.54) is 57.8 Å². The van der Waals surface area contributed by atoms with Crippen molar-refractivity contribution in [3.63, 3.8) is 0 Å². The maximum Gasteiger partial charge on any atom is 0.307 e. The summed E-state index contributed by atoms with van der Waals surface area (Å²) in [6.45, 7) is 4.41. The highest BCUT2D eigenvalue weighted by Gasteiger charge is 2.29. The summed E-state index contributed by atoms with van der Waals surface area (Å²) in [5, 5.41) is 18.6. The normalized spacial score (nSPS) is 13.5. The first-order valence-corrected chi connectivity index (χ1v) is 11.0. The van der Waals surface area contributed by atoms with Gasteiger partial charge >= 0.3 is 11.9 Å². The first-order valence-electron chi connectivity index (χ1n) is 11.0. The van der Waals surface area contributed by atoms with Crippen LogP contribution in [0.5, 0.6) is 0 Å². The molecule has 0 spiro atoms. The van der Waals surface area contributed by atoms with E-state index >= 15 is 0 Å². The van der Waals surface area contributed by atoms with E-state index in [4.69, 9.17) is 5.11 Å². The number of rotatable bonds is 19. The van der Waals surface area contributed by atoms with E-state index in [1.807, 2.05) is 0 Å². The van der Waals surface area contributed by atoms with Crippen LogP contribution in [-0.2, 0) is 9.59 Å². The van der Waals surface area contributed by atoms with Crippen molar-refractivity contribution in [2.24, 2.45) is 11.8 Å². The van der Waals surface area contributed by atoms with Crippen molar-refractivity contribution in [2.75, 3.05) is 0 Å². The number of hydrogen-bond acceptors (Lipinski definition) is 2. The molecule has 4 heteroatoms. The van der Waals surface area contributed by atoms with E-state index in [2.05, 4.69) is 13.8 Å². The van der Waals surface area contributed by atoms with Crippen LogP contribution in [0.4, 0.5) is 0 Å². The van der Waals surface area contributed by atoms with E-state index < -0.39 is 17.9 Å². The summed E-state index contributed by atoms with van der Waals surface area (Å²) in [4.78, 5) is 22.7. The molecule has 2 atom stereocenters. The summed E-state index contributed by atoms with van der Waals surface area (Å²) in [5.74, 6) is -2.66. The fourth-order valence-corrected chi connectivity index (χ4v) is 3.74. The highest BCUT2D eigenvalue weighted by molar-refractivity contribution is 5.77. The molecule has 154 valence electrons. The zero-order valence-corrected chi connectivity index (χ0v) is 17.2. The molecular weight excluding hydrogens is 328 g/mol. The van der Waals surface area contributed by atoms with E-state index in [0.29, 0.717) is 0 Å². The van der Waals surface area contributed by atoms with Gasteiger partial charge in [-0.15, -0.1) is 0 Å². The lowest BCUT2D eigenvalue weighted by atomic mass is 9.81. The SMILES string of the molecule is CCCCCCCCCC(CCCCCCCC)C(CC(=O)O)C(=O)O. The molecule has 0 saturated heterocycles. The predicted octanol–water partition coefficient (Wildman–Crippen LogP) is 6.67. The van der Waals surface area contributed by atoms with Crippen LogP contribution in [0.2, 0.25) is 0 Å². The number of aliphatic carboxylic acids is 2. The zero-order chi connectivity index (χ0) is 19.6. The molecule has 0 aliphatic carbocycles. The van der Waals surface area contributed by atoms with Gasteiger partial charge in [0.1, 0.15) is 0 Å². The second-order valence-electron chi connectivity index (χ2n) is 7.77. The molecule has 0 heterocycles. The summed E-state index contributed by atoms with van der Waals surface area (Å²) in [6, 6.07) is 0. The van der Waals surface area contributed by atoms with Gasteiger partial charge in [0.05, 0.1) is 12.3 Å². The van der Waals surface area contributed by atoms with Crippen molar-refractivity contribution in [1.29, 1.82) is 0 Å². The Morgan fingerprint density at radius 1 is 0.654 bits per heavy atom. The molecule has 2 N–H and O–H groups in total. The molecule has 4 nitrogen and oxygen atoms in total. The standard InChI is InChI=1S/C22H42O4/c1-3-5-7-9-11-13-15-17-19(16-14-12-10-8-6-4-2)20(22(25)26)18-21(23)24/h19-20H,3-18H2,1-2H3,(H,23,24)(H,25,26). The van der Waals surface area contributed by atoms with Crippen LogP contribution in [0, 0.1) is 11.8 Å². The van der Waals surface area contributed by atoms with Crippen LogP contribution in [0.15, 0.2) is 0 Å². The molecule has 0 rings (SSSR count). The van der Waals surface area contributed by atoms with Crippen LogP contribution in [-0.4, -0.2) is 22.2 Å². The third-order valence-corrected chi connectivity index (χ3v) is 5.39. The first-order chi connectivity index (χ1) is 12.5. The highest BCUT2D eigenvalue weighted by atomic mass is 16.4. The molecule has 0 amide bonds. The van der Waals surface area contributed by atoms with Gasteiger partial charge in [-0.3, -0.25) is 9.59 Å². The minimum absolute atomic E-state index is 0.00502. The Balaban J connectivity index is 4.33. The molecule has 0 fully saturated rings. The Labute approximate surface area is 160 Å². The second kappa shape index (κ2) is 17.4. The molecule has 0 aromatic carbocycles. The summed E-state index contributed by atoms with van der Waals surface area (Å²) in [5.41, 5.74) is 0. The number of hydrogen-bond donors (Lipinski definition) is 2. The molecule has 2 unspecified atom stereocenters. The third-order valence-electron chi connectivity index (χ3n) is 5.39. The van der Waals surface area contributed by atoms with Gasteiger partial charge in [-0.1, -0.05) is 97.3 Å². The Morgan fingerprint density at radius 3 is 1.38 bits per heavy atom. The van der Waals surface area contributed by atoms with Crippen molar-refractivity contribution in [2.45, 2.75) is 117 Å². The Hall–Kier alpha value is -1.06. The van der Waals surface area contributed by atoms with E-state index in [9.17, 15) is 14.7 Å². The number of carboxylic acid groups (broad SMARTS) is 2. The predicted molar refractivity (Wildman–Crippen MR) is 107 cm³/mol. The molecule has 0 aromatic rings. The molecular formula is C22H42O4. The second-order valence-corrected chi connectivity index (χ2v) is 7.77. The maximum atomic E-state index is 11.6. The lowest BCUT2D eigenvalue weighted by molar-refractivity contribution is -0.150. The molecule has 0 radical (unpaired) electrons. The Morgan fingerprint density at radius 2 is 1.04 bits per heavy atom. The minimum atomic E-state index is -0.995. The topological polar surface area (TPSA) is 74.6 Å². The summed E-state index contributed by atoms with van der Waals surface area (Å²) in [7, 11) is 0. The quantitative estimate of drug-likeness (QED) is 0.249. The van der Waals surface area contributed by atoms with Crippen LogP contribution in [0.25, 0.3) is 0 Å². The van der Waals surface area contributed by atoms with Gasteiger partial charge in [0.25, 0.3) is 0 Å². The summed E-state index contributed by atoms with van der Waals surface area (Å²) < 4.78 is 0. The maximum absolute atomic E-state index is 11.6. The summed E-state index contributed by atoms with van der Waals surface area (Å²) >= 11 is 0. The van der Waals surface area contributed by atoms with Crippen molar-refractivity contribution in [3.05, 3.63) is 0 Å². The van der Waals surface area contributed by atoms with Gasteiger partial charge in [-0.05, 0) is 18.8 Å².